The number of hydrogen-bond acceptors (Lipinski definition) is 6. The molecule has 8 nitrogen and oxygen atoms in total. The average Bonchev–Trinajstić information content (AvgIpc) is 2.63. The Morgan fingerprint density at radius 1 is 1.14 bits per heavy atom. The minimum Gasteiger partial charge on any atom is -0.508 e. The molecule has 3 N–H and O–H groups in total. The fraction of sp³-hybridized carbons (Fsp3) is 0.381. The lowest BCUT2D eigenvalue weighted by molar-refractivity contribution is -0.155. The smallest absolute Gasteiger partial charge is 0.328 e. The van der Waals surface area contributed by atoms with Crippen molar-refractivity contribution in [1.29, 1.82) is 0 Å². The molecular formula is C21H26N2O6. The molecule has 2 aromatic rings. The number of ether oxygens (including phenoxy) is 2. The zero-order valence-corrected chi connectivity index (χ0v) is 16.9. The molecule has 0 fully saturated rings. The van der Waals surface area contributed by atoms with Gasteiger partial charge in [-0.1, -0.05) is 12.1 Å². The van der Waals surface area contributed by atoms with Crippen LogP contribution < -0.4 is 10.6 Å². The van der Waals surface area contributed by atoms with E-state index in [0.29, 0.717) is 5.69 Å². The Bertz CT molecular complexity index is 904. The molecule has 1 atom stereocenters. The van der Waals surface area contributed by atoms with Crippen LogP contribution in [0.1, 0.15) is 33.6 Å². The van der Waals surface area contributed by atoms with E-state index < -0.39 is 29.6 Å². The Morgan fingerprint density at radius 2 is 1.86 bits per heavy atom. The first-order chi connectivity index (χ1) is 13.6. The van der Waals surface area contributed by atoms with Crippen LogP contribution in [0, 0.1) is 0 Å². The molecule has 0 heterocycles. The molecule has 0 saturated carbocycles. The largest absolute Gasteiger partial charge is 0.508 e. The highest BCUT2D eigenvalue weighted by molar-refractivity contribution is 6.02. The lowest BCUT2D eigenvalue weighted by Gasteiger charge is -2.21. The molecule has 0 saturated heterocycles. The molecule has 0 bridgehead atoms. The van der Waals surface area contributed by atoms with E-state index in [9.17, 15) is 19.5 Å². The monoisotopic (exact) mass is 402 g/mol. The number of benzene rings is 2. The Balaban J connectivity index is 2.05. The van der Waals surface area contributed by atoms with Crippen molar-refractivity contribution in [1.82, 2.24) is 5.32 Å². The van der Waals surface area contributed by atoms with Crippen molar-refractivity contribution in [2.75, 3.05) is 12.4 Å². The molecule has 156 valence electrons. The maximum Gasteiger partial charge on any atom is 0.328 e. The van der Waals surface area contributed by atoms with Gasteiger partial charge in [0.15, 0.2) is 0 Å². The maximum atomic E-state index is 12.4. The van der Waals surface area contributed by atoms with Gasteiger partial charge in [-0.05, 0) is 56.8 Å². The van der Waals surface area contributed by atoms with Crippen LogP contribution in [0.4, 0.5) is 10.5 Å². The molecule has 0 spiro atoms. The second-order valence-electron chi connectivity index (χ2n) is 7.51. The molecule has 0 aliphatic carbocycles. The molecule has 0 aromatic heterocycles. The van der Waals surface area contributed by atoms with Crippen molar-refractivity contribution in [2.24, 2.45) is 0 Å². The standard InChI is InChI=1S/C21H26N2O6/c1-21(2,3)29-18(25)11-10-17(19(26)28-4)23-20(27)22-16-7-5-6-13-12-14(24)8-9-15(13)16/h5-9,12,17,24H,10-11H2,1-4H3,(H2,22,23,27). The van der Waals surface area contributed by atoms with Gasteiger partial charge in [-0.2, -0.15) is 0 Å². The van der Waals surface area contributed by atoms with Crippen LogP contribution in [0.15, 0.2) is 36.4 Å². The highest BCUT2D eigenvalue weighted by Crippen LogP contribution is 2.26. The number of hydrogen-bond donors (Lipinski definition) is 3. The summed E-state index contributed by atoms with van der Waals surface area (Å²) in [7, 11) is 1.21. The molecule has 8 heteroatoms. The minimum absolute atomic E-state index is 0.0401. The van der Waals surface area contributed by atoms with Gasteiger partial charge in [-0.3, -0.25) is 4.79 Å². The zero-order chi connectivity index (χ0) is 21.6. The molecule has 29 heavy (non-hydrogen) atoms. The van der Waals surface area contributed by atoms with E-state index in [4.69, 9.17) is 9.47 Å². The summed E-state index contributed by atoms with van der Waals surface area (Å²) in [5.41, 5.74) is -0.124. The third-order valence-electron chi connectivity index (χ3n) is 3.96. The fourth-order valence-corrected chi connectivity index (χ4v) is 2.74. The van der Waals surface area contributed by atoms with E-state index >= 15 is 0 Å². The summed E-state index contributed by atoms with van der Waals surface area (Å²) in [6.07, 6.45) is -0.0106. The van der Waals surface area contributed by atoms with Gasteiger partial charge in [0, 0.05) is 11.8 Å². The molecular weight excluding hydrogens is 376 g/mol. The summed E-state index contributed by atoms with van der Waals surface area (Å²) >= 11 is 0. The number of fused-ring (bicyclic) bond motifs is 1. The number of methoxy groups -OCH3 is 1. The van der Waals surface area contributed by atoms with Crippen molar-refractivity contribution in [3.05, 3.63) is 36.4 Å². The highest BCUT2D eigenvalue weighted by Gasteiger charge is 2.24. The molecule has 0 aliphatic rings. The maximum absolute atomic E-state index is 12.4. The van der Waals surface area contributed by atoms with Crippen LogP contribution in [0.2, 0.25) is 0 Å². The van der Waals surface area contributed by atoms with E-state index in [1.54, 1.807) is 51.1 Å². The number of carbonyl (C=O) groups is 3. The predicted molar refractivity (Wildman–Crippen MR) is 109 cm³/mol. The number of phenolic OH excluding ortho intramolecular Hbond substituents is 1. The van der Waals surface area contributed by atoms with Gasteiger partial charge in [-0.15, -0.1) is 0 Å². The first kappa shape index (κ1) is 22.0. The summed E-state index contributed by atoms with van der Waals surface area (Å²) in [5.74, 6) is -1.01. The first-order valence-electron chi connectivity index (χ1n) is 9.18. The fourth-order valence-electron chi connectivity index (χ4n) is 2.74. The summed E-state index contributed by atoms with van der Waals surface area (Å²) in [4.78, 5) is 36.3. The minimum atomic E-state index is -1.01. The number of nitrogens with one attached hydrogen (secondary N) is 2. The van der Waals surface area contributed by atoms with Crippen molar-refractivity contribution < 1.29 is 29.0 Å². The van der Waals surface area contributed by atoms with Crippen molar-refractivity contribution in [3.8, 4) is 5.75 Å². The summed E-state index contributed by atoms with van der Waals surface area (Å²) < 4.78 is 9.94. The van der Waals surface area contributed by atoms with Gasteiger partial charge < -0.3 is 25.2 Å². The van der Waals surface area contributed by atoms with Gasteiger partial charge in [0.2, 0.25) is 0 Å². The molecule has 2 rings (SSSR count). The predicted octanol–water partition coefficient (Wildman–Crippen LogP) is 3.33. The van der Waals surface area contributed by atoms with Crippen LogP contribution in [-0.4, -0.2) is 41.8 Å². The van der Waals surface area contributed by atoms with Gasteiger partial charge >= 0.3 is 18.0 Å². The van der Waals surface area contributed by atoms with Crippen molar-refractivity contribution >= 4 is 34.4 Å². The third-order valence-corrected chi connectivity index (χ3v) is 3.96. The molecule has 0 aliphatic heterocycles. The van der Waals surface area contributed by atoms with Crippen LogP contribution in [0.3, 0.4) is 0 Å². The highest BCUT2D eigenvalue weighted by atomic mass is 16.6. The molecule has 2 amide bonds. The lowest BCUT2D eigenvalue weighted by Crippen LogP contribution is -2.44. The third kappa shape index (κ3) is 6.67. The Morgan fingerprint density at radius 3 is 2.52 bits per heavy atom. The van der Waals surface area contributed by atoms with Crippen LogP contribution in [0.5, 0.6) is 5.75 Å². The Hall–Kier alpha value is -3.29. The topological polar surface area (TPSA) is 114 Å². The van der Waals surface area contributed by atoms with Gasteiger partial charge in [0.1, 0.15) is 17.4 Å². The number of urea groups is 1. The number of carbonyl (C=O) groups excluding carboxylic acids is 3. The normalized spacial score (nSPS) is 12.1. The van der Waals surface area contributed by atoms with Crippen molar-refractivity contribution in [2.45, 2.75) is 45.3 Å². The lowest BCUT2D eigenvalue weighted by atomic mass is 10.1. The average molecular weight is 402 g/mol. The van der Waals surface area contributed by atoms with Crippen LogP contribution in [-0.2, 0) is 19.1 Å². The summed E-state index contributed by atoms with van der Waals surface area (Å²) in [6.45, 7) is 5.24. The molecule has 1 unspecified atom stereocenters. The SMILES string of the molecule is COC(=O)C(CCC(=O)OC(C)(C)C)NC(=O)Nc1cccc2cc(O)ccc12. The number of aromatic hydroxyl groups is 1. The molecule has 0 radical (unpaired) electrons. The number of anilines is 1. The van der Waals surface area contributed by atoms with Crippen molar-refractivity contribution in [3.63, 3.8) is 0 Å². The quantitative estimate of drug-likeness (QED) is 0.639. The summed E-state index contributed by atoms with van der Waals surface area (Å²) in [6, 6.07) is 8.39. The second-order valence-corrected chi connectivity index (χ2v) is 7.51. The number of rotatable bonds is 6. The second kappa shape index (κ2) is 9.27. The zero-order valence-electron chi connectivity index (χ0n) is 16.9. The van der Waals surface area contributed by atoms with Crippen LogP contribution in [0.25, 0.3) is 10.8 Å². The number of phenols is 1. The van der Waals surface area contributed by atoms with Gasteiger partial charge in [0.05, 0.1) is 12.8 Å². The first-order valence-corrected chi connectivity index (χ1v) is 9.18. The number of amides is 2. The van der Waals surface area contributed by atoms with E-state index in [1.165, 1.54) is 13.2 Å². The van der Waals surface area contributed by atoms with Crippen LogP contribution >= 0.6 is 0 Å². The van der Waals surface area contributed by atoms with Gasteiger partial charge in [0.25, 0.3) is 0 Å². The van der Waals surface area contributed by atoms with E-state index in [-0.39, 0.29) is 18.6 Å². The van der Waals surface area contributed by atoms with Gasteiger partial charge in [-0.25, -0.2) is 9.59 Å². The molecule has 2 aromatic carbocycles. The van der Waals surface area contributed by atoms with E-state index in [1.807, 2.05) is 0 Å². The summed E-state index contributed by atoms with van der Waals surface area (Å²) in [5, 5.41) is 16.3. The van der Waals surface area contributed by atoms with E-state index in [2.05, 4.69) is 10.6 Å². The Kier molecular flexibility index (Phi) is 7.03. The van der Waals surface area contributed by atoms with E-state index in [0.717, 1.165) is 10.8 Å². The Labute approximate surface area is 169 Å². The number of esters is 2.